The minimum atomic E-state index is -0.530. The summed E-state index contributed by atoms with van der Waals surface area (Å²) in [5.41, 5.74) is 2.36. The summed E-state index contributed by atoms with van der Waals surface area (Å²) < 4.78 is 18.8. The van der Waals surface area contributed by atoms with Crippen LogP contribution in [0.3, 0.4) is 0 Å². The number of hydrogen-bond donors (Lipinski definition) is 1. The highest BCUT2D eigenvalue weighted by molar-refractivity contribution is 5.96. The average molecular weight is 363 g/mol. The first-order valence-corrected chi connectivity index (χ1v) is 8.67. The molecule has 0 aliphatic carbocycles. The number of carbonyl (C=O) groups is 1. The first-order chi connectivity index (χ1) is 13.2. The quantitative estimate of drug-likeness (QED) is 0.902. The fraction of sp³-hybridized carbons (Fsp3) is 0.143. The normalized spacial score (nSPS) is 18.9. The Morgan fingerprint density at radius 1 is 1.15 bits per heavy atom. The number of halogens is 1. The Morgan fingerprint density at radius 3 is 2.63 bits per heavy atom. The Labute approximate surface area is 156 Å². The molecule has 0 aromatic heterocycles. The van der Waals surface area contributed by atoms with Gasteiger partial charge in [0, 0.05) is 24.4 Å². The van der Waals surface area contributed by atoms with Gasteiger partial charge in [-0.15, -0.1) is 0 Å². The lowest BCUT2D eigenvalue weighted by Crippen LogP contribution is -2.31. The molecule has 2 aromatic carbocycles. The summed E-state index contributed by atoms with van der Waals surface area (Å²) in [6.07, 6.45) is 5.02. The van der Waals surface area contributed by atoms with Crippen LogP contribution in [0.1, 0.15) is 5.56 Å². The molecule has 5 nitrogen and oxygen atoms in total. The third-order valence-corrected chi connectivity index (χ3v) is 4.41. The van der Waals surface area contributed by atoms with Crippen LogP contribution in [0, 0.1) is 11.7 Å². The highest BCUT2D eigenvalue weighted by Crippen LogP contribution is 2.29. The van der Waals surface area contributed by atoms with Crippen molar-refractivity contribution in [3.05, 3.63) is 84.3 Å². The van der Waals surface area contributed by atoms with E-state index in [1.54, 1.807) is 42.6 Å². The Morgan fingerprint density at radius 2 is 1.93 bits per heavy atom. The van der Waals surface area contributed by atoms with Crippen molar-refractivity contribution in [2.24, 2.45) is 10.9 Å². The van der Waals surface area contributed by atoms with Crippen LogP contribution in [0.25, 0.3) is 5.70 Å². The number of allylic oxidation sites excluding steroid dienone is 2. The maximum absolute atomic E-state index is 13.4. The molecule has 0 saturated heterocycles. The molecular formula is C21H18FN3O2. The molecule has 1 amide bonds. The molecule has 2 aromatic rings. The average Bonchev–Trinajstić information content (AvgIpc) is 3.24. The number of nitrogens with one attached hydrogen (secondary N) is 1. The minimum Gasteiger partial charge on any atom is -0.410 e. The molecule has 1 N–H and O–H groups in total. The molecule has 27 heavy (non-hydrogen) atoms. The van der Waals surface area contributed by atoms with Gasteiger partial charge in [0.1, 0.15) is 11.6 Å². The topological polar surface area (TPSA) is 53.9 Å². The summed E-state index contributed by atoms with van der Waals surface area (Å²) in [6, 6.07) is 14.9. The van der Waals surface area contributed by atoms with E-state index in [1.807, 2.05) is 18.2 Å². The number of ether oxygens (including phenoxy) is 1. The van der Waals surface area contributed by atoms with Gasteiger partial charge in [-0.05, 0) is 48.0 Å². The van der Waals surface area contributed by atoms with Crippen LogP contribution in [0.2, 0.25) is 0 Å². The monoisotopic (exact) mass is 363 g/mol. The first kappa shape index (κ1) is 17.2. The number of carbonyl (C=O) groups excluding carboxylic acids is 1. The van der Waals surface area contributed by atoms with E-state index in [9.17, 15) is 9.18 Å². The standard InChI is InChI=1S/C21H18FN3O2/c22-17-8-6-15(7-9-17)20-12-16(19-13-23-14-24-19)10-11-25(20)21(26)27-18-4-2-1-3-5-18/h1-12,16,23H,13-14H2. The van der Waals surface area contributed by atoms with Gasteiger partial charge in [-0.25, -0.2) is 9.18 Å². The van der Waals surface area contributed by atoms with Crippen molar-refractivity contribution in [1.29, 1.82) is 0 Å². The Kier molecular flexibility index (Phi) is 4.80. The molecule has 2 heterocycles. The fourth-order valence-corrected chi connectivity index (χ4v) is 3.05. The van der Waals surface area contributed by atoms with Crippen molar-refractivity contribution >= 4 is 17.5 Å². The largest absolute Gasteiger partial charge is 0.423 e. The Bertz CT molecular complexity index is 920. The third kappa shape index (κ3) is 3.80. The highest BCUT2D eigenvalue weighted by Gasteiger charge is 2.26. The van der Waals surface area contributed by atoms with Gasteiger partial charge in [0.15, 0.2) is 0 Å². The summed E-state index contributed by atoms with van der Waals surface area (Å²) in [5, 5.41) is 3.18. The van der Waals surface area contributed by atoms with Gasteiger partial charge in [0.05, 0.1) is 12.4 Å². The first-order valence-electron chi connectivity index (χ1n) is 8.67. The number of benzene rings is 2. The molecule has 1 atom stereocenters. The van der Waals surface area contributed by atoms with Crippen LogP contribution in [-0.2, 0) is 0 Å². The summed E-state index contributed by atoms with van der Waals surface area (Å²) in [5.74, 6) is 0.103. The van der Waals surface area contributed by atoms with Crippen molar-refractivity contribution in [1.82, 2.24) is 10.2 Å². The molecule has 0 spiro atoms. The van der Waals surface area contributed by atoms with E-state index in [0.29, 0.717) is 24.7 Å². The SMILES string of the molecule is O=C(Oc1ccccc1)N1C=CC(C2=NCNC2)C=C1c1ccc(F)cc1. The van der Waals surface area contributed by atoms with E-state index >= 15 is 0 Å². The minimum absolute atomic E-state index is 0.0270. The lowest BCUT2D eigenvalue weighted by Gasteiger charge is -2.27. The van der Waals surface area contributed by atoms with Crippen molar-refractivity contribution < 1.29 is 13.9 Å². The summed E-state index contributed by atoms with van der Waals surface area (Å²) in [7, 11) is 0. The zero-order chi connectivity index (χ0) is 18.6. The van der Waals surface area contributed by atoms with E-state index in [4.69, 9.17) is 4.74 Å². The molecule has 0 bridgehead atoms. The van der Waals surface area contributed by atoms with Gasteiger partial charge < -0.3 is 4.74 Å². The molecule has 1 unspecified atom stereocenters. The van der Waals surface area contributed by atoms with Crippen LogP contribution in [0.5, 0.6) is 5.75 Å². The number of para-hydroxylation sites is 1. The molecule has 4 rings (SSSR count). The van der Waals surface area contributed by atoms with Crippen molar-refractivity contribution in [3.63, 3.8) is 0 Å². The Hall–Kier alpha value is -3.25. The summed E-state index contributed by atoms with van der Waals surface area (Å²) >= 11 is 0. The van der Waals surface area contributed by atoms with Crippen molar-refractivity contribution in [3.8, 4) is 5.75 Å². The van der Waals surface area contributed by atoms with Crippen LogP contribution >= 0.6 is 0 Å². The molecular weight excluding hydrogens is 345 g/mol. The molecule has 0 radical (unpaired) electrons. The van der Waals surface area contributed by atoms with Crippen LogP contribution in [0.15, 0.2) is 77.9 Å². The van der Waals surface area contributed by atoms with Crippen molar-refractivity contribution in [2.75, 3.05) is 13.2 Å². The third-order valence-electron chi connectivity index (χ3n) is 4.41. The highest BCUT2D eigenvalue weighted by atomic mass is 19.1. The van der Waals surface area contributed by atoms with E-state index in [1.165, 1.54) is 17.0 Å². The van der Waals surface area contributed by atoms with Gasteiger partial charge in [0.2, 0.25) is 0 Å². The van der Waals surface area contributed by atoms with E-state index in [2.05, 4.69) is 10.3 Å². The van der Waals surface area contributed by atoms with E-state index in [0.717, 1.165) is 11.3 Å². The van der Waals surface area contributed by atoms with Gasteiger partial charge in [-0.2, -0.15) is 0 Å². The van der Waals surface area contributed by atoms with Gasteiger partial charge in [-0.3, -0.25) is 15.2 Å². The van der Waals surface area contributed by atoms with Crippen LogP contribution in [0.4, 0.5) is 9.18 Å². The molecule has 0 saturated carbocycles. The second-order valence-electron chi connectivity index (χ2n) is 6.21. The van der Waals surface area contributed by atoms with E-state index in [-0.39, 0.29) is 11.7 Å². The predicted octanol–water partition coefficient (Wildman–Crippen LogP) is 3.81. The molecule has 2 aliphatic rings. The fourth-order valence-electron chi connectivity index (χ4n) is 3.05. The van der Waals surface area contributed by atoms with Gasteiger partial charge in [-0.1, -0.05) is 24.3 Å². The van der Waals surface area contributed by atoms with Crippen LogP contribution < -0.4 is 10.1 Å². The van der Waals surface area contributed by atoms with E-state index < -0.39 is 6.09 Å². The molecule has 0 fully saturated rings. The van der Waals surface area contributed by atoms with Gasteiger partial charge in [0.25, 0.3) is 0 Å². The molecule has 6 heteroatoms. The summed E-state index contributed by atoms with van der Waals surface area (Å²) in [4.78, 5) is 18.6. The lowest BCUT2D eigenvalue weighted by atomic mass is 9.96. The number of amides is 1. The second kappa shape index (κ2) is 7.55. The van der Waals surface area contributed by atoms with Gasteiger partial charge >= 0.3 is 6.09 Å². The second-order valence-corrected chi connectivity index (χ2v) is 6.21. The smallest absolute Gasteiger partial charge is 0.410 e. The molecule has 136 valence electrons. The number of aliphatic imine (C=N–C) groups is 1. The number of hydrogen-bond acceptors (Lipinski definition) is 4. The zero-order valence-electron chi connectivity index (χ0n) is 14.5. The zero-order valence-corrected chi connectivity index (χ0v) is 14.5. The predicted molar refractivity (Wildman–Crippen MR) is 102 cm³/mol. The number of nitrogens with zero attached hydrogens (tertiary/aromatic N) is 2. The lowest BCUT2D eigenvalue weighted by molar-refractivity contribution is 0.184. The van der Waals surface area contributed by atoms with Crippen LogP contribution in [-0.4, -0.2) is 29.9 Å². The number of rotatable bonds is 3. The summed E-state index contributed by atoms with van der Waals surface area (Å²) in [6.45, 7) is 1.30. The van der Waals surface area contributed by atoms with Crippen molar-refractivity contribution in [2.45, 2.75) is 0 Å². The Balaban J connectivity index is 1.65. The molecule has 2 aliphatic heterocycles. The maximum Gasteiger partial charge on any atom is 0.423 e. The maximum atomic E-state index is 13.4.